The van der Waals surface area contributed by atoms with Crippen LogP contribution >= 0.6 is 0 Å². The highest BCUT2D eigenvalue weighted by atomic mass is 19.1. The summed E-state index contributed by atoms with van der Waals surface area (Å²) in [6, 6.07) is 14.2. The number of carbonyl (C=O) groups is 1. The molecule has 0 fully saturated rings. The Morgan fingerprint density at radius 3 is 2.42 bits per heavy atom. The van der Waals surface area contributed by atoms with E-state index in [1.165, 1.54) is 12.1 Å². The molecule has 0 aliphatic heterocycles. The highest BCUT2D eigenvalue weighted by Crippen LogP contribution is 2.29. The van der Waals surface area contributed by atoms with Gasteiger partial charge < -0.3 is 4.74 Å². The molecule has 0 aliphatic rings. The number of benzene rings is 2. The van der Waals surface area contributed by atoms with Crippen LogP contribution in [0.25, 0.3) is 6.08 Å². The molecule has 0 saturated carbocycles. The van der Waals surface area contributed by atoms with Crippen LogP contribution in [0.5, 0.6) is 0 Å². The third kappa shape index (κ3) is 5.51. The fourth-order valence-electron chi connectivity index (χ4n) is 2.98. The third-order valence-corrected chi connectivity index (χ3v) is 4.31. The van der Waals surface area contributed by atoms with E-state index in [1.807, 2.05) is 31.2 Å². The number of ether oxygens (including phenoxy) is 1. The lowest BCUT2D eigenvalue weighted by Crippen LogP contribution is -2.31. The van der Waals surface area contributed by atoms with Crippen molar-refractivity contribution < 1.29 is 19.1 Å². The topological polar surface area (TPSA) is 58.6 Å². The lowest BCUT2D eigenvalue weighted by molar-refractivity contribution is -0.132. The van der Waals surface area contributed by atoms with Gasteiger partial charge in [0.1, 0.15) is 5.82 Å². The lowest BCUT2D eigenvalue weighted by Gasteiger charge is -2.27. The van der Waals surface area contributed by atoms with Gasteiger partial charge in [0, 0.05) is 12.5 Å². The number of hydroxylamine groups is 1. The molecule has 0 saturated heterocycles. The normalized spacial score (nSPS) is 13.0. The first-order valence-electron chi connectivity index (χ1n) is 8.58. The van der Waals surface area contributed by atoms with Crippen LogP contribution in [0.15, 0.2) is 55.1 Å². The summed E-state index contributed by atoms with van der Waals surface area (Å²) in [5, 5.41) is 8.87. The Balaban J connectivity index is 2.33. The lowest BCUT2D eigenvalue weighted by atomic mass is 9.85. The van der Waals surface area contributed by atoms with Crippen LogP contribution in [0.4, 0.5) is 4.39 Å². The second-order valence-electron chi connectivity index (χ2n) is 6.04. The summed E-state index contributed by atoms with van der Waals surface area (Å²) in [7, 11) is 0. The van der Waals surface area contributed by atoms with Crippen molar-refractivity contribution in [3.63, 3.8) is 0 Å². The zero-order valence-corrected chi connectivity index (χ0v) is 14.8. The maximum atomic E-state index is 13.3. The molecule has 5 heteroatoms. The highest BCUT2D eigenvalue weighted by Gasteiger charge is 2.26. The van der Waals surface area contributed by atoms with Crippen LogP contribution in [0.2, 0.25) is 0 Å². The summed E-state index contributed by atoms with van der Waals surface area (Å²) in [6.45, 7) is 6.03. The third-order valence-electron chi connectivity index (χ3n) is 4.31. The number of amides is 1. The number of hydrogen-bond donors (Lipinski definition) is 2. The van der Waals surface area contributed by atoms with Crippen molar-refractivity contribution >= 4 is 12.0 Å². The van der Waals surface area contributed by atoms with Gasteiger partial charge in [-0.2, -0.15) is 0 Å². The molecule has 0 aromatic heterocycles. The average molecular weight is 357 g/mol. The van der Waals surface area contributed by atoms with Gasteiger partial charge in [-0.15, -0.1) is 0 Å². The minimum Gasteiger partial charge on any atom is -0.377 e. The summed E-state index contributed by atoms with van der Waals surface area (Å²) >= 11 is 0. The van der Waals surface area contributed by atoms with E-state index in [-0.39, 0.29) is 18.2 Å². The van der Waals surface area contributed by atoms with Gasteiger partial charge >= 0.3 is 0 Å². The Labute approximate surface area is 153 Å². The molecule has 2 atom stereocenters. The van der Waals surface area contributed by atoms with Gasteiger partial charge in [-0.05, 0) is 42.2 Å². The van der Waals surface area contributed by atoms with Crippen LogP contribution in [0.3, 0.4) is 0 Å². The van der Waals surface area contributed by atoms with E-state index in [4.69, 9.17) is 9.94 Å². The SMILES string of the molecule is C=Cc1ccc(CC(c2ccc(F)cc2)[C@@H](CC(=O)NO)OCC)cc1. The summed E-state index contributed by atoms with van der Waals surface area (Å²) in [5.74, 6) is -0.996. The first kappa shape index (κ1) is 19.8. The Kier molecular flexibility index (Phi) is 7.51. The molecule has 0 bridgehead atoms. The first-order valence-corrected chi connectivity index (χ1v) is 8.58. The minimum atomic E-state index is -0.516. The van der Waals surface area contributed by atoms with Crippen LogP contribution in [0, 0.1) is 5.82 Å². The van der Waals surface area contributed by atoms with Crippen molar-refractivity contribution in [3.05, 3.63) is 77.6 Å². The monoisotopic (exact) mass is 357 g/mol. The van der Waals surface area contributed by atoms with Crippen molar-refractivity contribution in [1.82, 2.24) is 5.48 Å². The molecule has 2 aromatic carbocycles. The van der Waals surface area contributed by atoms with Gasteiger partial charge in [0.15, 0.2) is 0 Å². The Morgan fingerprint density at radius 2 is 1.88 bits per heavy atom. The van der Waals surface area contributed by atoms with Crippen LogP contribution < -0.4 is 5.48 Å². The molecule has 4 nitrogen and oxygen atoms in total. The zero-order chi connectivity index (χ0) is 18.9. The molecule has 0 aliphatic carbocycles. The van der Waals surface area contributed by atoms with Gasteiger partial charge in [-0.1, -0.05) is 49.1 Å². The quantitative estimate of drug-likeness (QED) is 0.525. The summed E-state index contributed by atoms with van der Waals surface area (Å²) < 4.78 is 19.1. The maximum absolute atomic E-state index is 13.3. The van der Waals surface area contributed by atoms with Gasteiger partial charge in [-0.25, -0.2) is 9.87 Å². The van der Waals surface area contributed by atoms with Gasteiger partial charge in [-0.3, -0.25) is 10.0 Å². The second-order valence-corrected chi connectivity index (χ2v) is 6.04. The fourth-order valence-corrected chi connectivity index (χ4v) is 2.98. The van der Waals surface area contributed by atoms with Crippen LogP contribution in [-0.2, 0) is 16.0 Å². The maximum Gasteiger partial charge on any atom is 0.245 e. The second kappa shape index (κ2) is 9.85. The van der Waals surface area contributed by atoms with Crippen molar-refractivity contribution in [1.29, 1.82) is 0 Å². The highest BCUT2D eigenvalue weighted by molar-refractivity contribution is 5.75. The molecule has 0 radical (unpaired) electrons. The smallest absolute Gasteiger partial charge is 0.245 e. The Hall–Kier alpha value is -2.50. The summed E-state index contributed by atoms with van der Waals surface area (Å²) in [6.07, 6.45) is 1.95. The Morgan fingerprint density at radius 1 is 1.23 bits per heavy atom. The number of nitrogens with one attached hydrogen (secondary N) is 1. The molecule has 0 spiro atoms. The standard InChI is InChI=1S/C21H24FNO3/c1-3-15-5-7-16(8-6-15)13-19(17-9-11-18(22)12-10-17)20(26-4-2)14-21(24)23-25/h3,5-12,19-20,25H,1,4,13-14H2,2H3,(H,23,24)/t19?,20-/m1/s1. The van der Waals surface area contributed by atoms with Gasteiger partial charge in [0.2, 0.25) is 5.91 Å². The van der Waals surface area contributed by atoms with Crippen molar-refractivity contribution in [2.45, 2.75) is 31.8 Å². The Bertz CT molecular complexity index is 713. The van der Waals surface area contributed by atoms with E-state index in [9.17, 15) is 9.18 Å². The molecule has 26 heavy (non-hydrogen) atoms. The summed E-state index contributed by atoms with van der Waals surface area (Å²) in [4.78, 5) is 11.7. The number of hydrogen-bond acceptors (Lipinski definition) is 3. The van der Waals surface area contributed by atoms with Gasteiger partial charge in [0.25, 0.3) is 0 Å². The zero-order valence-electron chi connectivity index (χ0n) is 14.8. The van der Waals surface area contributed by atoms with Crippen LogP contribution in [0.1, 0.15) is 36.0 Å². The van der Waals surface area contributed by atoms with E-state index in [2.05, 4.69) is 6.58 Å². The number of rotatable bonds is 9. The van der Waals surface area contributed by atoms with E-state index >= 15 is 0 Å². The van der Waals surface area contributed by atoms with Crippen molar-refractivity contribution in [2.24, 2.45) is 0 Å². The average Bonchev–Trinajstić information content (AvgIpc) is 2.67. The molecular formula is C21H24FNO3. The van der Waals surface area contributed by atoms with Gasteiger partial charge in [0.05, 0.1) is 12.5 Å². The molecule has 2 aromatic rings. The molecule has 0 heterocycles. The van der Waals surface area contributed by atoms with E-state index in [0.29, 0.717) is 13.0 Å². The largest absolute Gasteiger partial charge is 0.377 e. The number of halogens is 1. The molecule has 1 unspecified atom stereocenters. The first-order chi connectivity index (χ1) is 12.6. The van der Waals surface area contributed by atoms with E-state index in [0.717, 1.165) is 16.7 Å². The molecule has 138 valence electrons. The predicted octanol–water partition coefficient (Wildman–Crippen LogP) is 4.10. The van der Waals surface area contributed by atoms with Crippen LogP contribution in [-0.4, -0.2) is 23.8 Å². The van der Waals surface area contributed by atoms with Crippen molar-refractivity contribution in [3.8, 4) is 0 Å². The molecule has 2 N–H and O–H groups in total. The molecule has 1 amide bonds. The predicted molar refractivity (Wildman–Crippen MR) is 99.3 cm³/mol. The van der Waals surface area contributed by atoms with Crippen molar-refractivity contribution in [2.75, 3.05) is 6.61 Å². The fraction of sp³-hybridized carbons (Fsp3) is 0.286. The van der Waals surface area contributed by atoms with E-state index < -0.39 is 12.0 Å². The molecule has 2 rings (SSSR count). The summed E-state index contributed by atoms with van der Waals surface area (Å²) in [5.41, 5.74) is 4.63. The van der Waals surface area contributed by atoms with E-state index in [1.54, 1.807) is 23.7 Å². The minimum absolute atomic E-state index is 0.0110. The molecular weight excluding hydrogens is 333 g/mol. The number of carbonyl (C=O) groups excluding carboxylic acids is 1.